The number of hydrogen-bond donors (Lipinski definition) is 2. The monoisotopic (exact) mass is 214 g/mol. The summed E-state index contributed by atoms with van der Waals surface area (Å²) >= 11 is 0. The molecule has 0 spiro atoms. The molecule has 0 aromatic rings. The lowest BCUT2D eigenvalue weighted by molar-refractivity contribution is 0.346. The van der Waals surface area contributed by atoms with Gasteiger partial charge in [0.2, 0.25) is 0 Å². The Labute approximate surface area is 96.2 Å². The van der Waals surface area contributed by atoms with E-state index in [2.05, 4.69) is 59.1 Å². The molecule has 2 N–H and O–H groups in total. The van der Waals surface area contributed by atoms with Crippen LogP contribution in [0, 0.1) is 11.8 Å². The molecule has 0 heterocycles. The highest BCUT2D eigenvalue weighted by Gasteiger charge is 2.12. The van der Waals surface area contributed by atoms with E-state index in [1.807, 2.05) is 0 Å². The van der Waals surface area contributed by atoms with E-state index < -0.39 is 0 Å². The second-order valence-electron chi connectivity index (χ2n) is 6.16. The zero-order valence-electron chi connectivity index (χ0n) is 11.6. The van der Waals surface area contributed by atoms with Gasteiger partial charge in [-0.05, 0) is 46.1 Å². The third-order valence-corrected chi connectivity index (χ3v) is 2.86. The Morgan fingerprint density at radius 3 is 1.87 bits per heavy atom. The van der Waals surface area contributed by atoms with Gasteiger partial charge >= 0.3 is 0 Å². The highest BCUT2D eigenvalue weighted by atomic mass is 15.0. The zero-order chi connectivity index (χ0) is 12.1. The van der Waals surface area contributed by atoms with Gasteiger partial charge in [0.05, 0.1) is 0 Å². The van der Waals surface area contributed by atoms with Crippen molar-refractivity contribution in [3.8, 4) is 0 Å². The quantitative estimate of drug-likeness (QED) is 0.710. The minimum Gasteiger partial charge on any atom is -0.313 e. The summed E-state index contributed by atoms with van der Waals surface area (Å²) in [6.07, 6.45) is 0. The smallest absolute Gasteiger partial charge is 0.0164 e. The van der Waals surface area contributed by atoms with Crippen molar-refractivity contribution in [1.29, 1.82) is 0 Å². The molecule has 0 bridgehead atoms. The van der Waals surface area contributed by atoms with E-state index in [0.717, 1.165) is 24.9 Å². The predicted molar refractivity (Wildman–Crippen MR) is 69.2 cm³/mol. The van der Waals surface area contributed by atoms with Crippen LogP contribution in [-0.4, -0.2) is 24.7 Å². The highest BCUT2D eigenvalue weighted by molar-refractivity contribution is 4.75. The van der Waals surface area contributed by atoms with Gasteiger partial charge in [-0.1, -0.05) is 20.8 Å². The first-order valence-electron chi connectivity index (χ1n) is 6.21. The summed E-state index contributed by atoms with van der Waals surface area (Å²) in [5.74, 6) is 1.52. The second kappa shape index (κ2) is 6.49. The van der Waals surface area contributed by atoms with Gasteiger partial charge in [0.15, 0.2) is 0 Å². The minimum absolute atomic E-state index is 0.222. The van der Waals surface area contributed by atoms with E-state index in [1.54, 1.807) is 0 Å². The van der Waals surface area contributed by atoms with Crippen molar-refractivity contribution in [2.45, 2.75) is 60.0 Å². The maximum atomic E-state index is 3.57. The molecular weight excluding hydrogens is 184 g/mol. The van der Waals surface area contributed by atoms with Gasteiger partial charge in [-0.2, -0.15) is 0 Å². The van der Waals surface area contributed by atoms with Crippen molar-refractivity contribution in [3.05, 3.63) is 0 Å². The van der Waals surface area contributed by atoms with Crippen LogP contribution in [0.4, 0.5) is 0 Å². The summed E-state index contributed by atoms with van der Waals surface area (Å²) in [6, 6.07) is 0.547. The van der Waals surface area contributed by atoms with Crippen molar-refractivity contribution in [1.82, 2.24) is 10.6 Å². The summed E-state index contributed by atoms with van der Waals surface area (Å²) in [7, 11) is 0. The first-order valence-corrected chi connectivity index (χ1v) is 6.21. The van der Waals surface area contributed by atoms with Crippen LogP contribution in [0.25, 0.3) is 0 Å². The van der Waals surface area contributed by atoms with Crippen LogP contribution in [0.3, 0.4) is 0 Å². The van der Waals surface area contributed by atoms with Crippen LogP contribution in [0.5, 0.6) is 0 Å². The van der Waals surface area contributed by atoms with Gasteiger partial charge < -0.3 is 10.6 Å². The van der Waals surface area contributed by atoms with Gasteiger partial charge in [0.1, 0.15) is 0 Å². The van der Waals surface area contributed by atoms with E-state index in [-0.39, 0.29) is 5.54 Å². The molecule has 0 aromatic heterocycles. The third kappa shape index (κ3) is 8.88. The lowest BCUT2D eigenvalue weighted by Gasteiger charge is -2.25. The summed E-state index contributed by atoms with van der Waals surface area (Å²) < 4.78 is 0. The molecule has 0 rings (SSSR count). The van der Waals surface area contributed by atoms with Gasteiger partial charge in [0.25, 0.3) is 0 Å². The Kier molecular flexibility index (Phi) is 6.46. The first kappa shape index (κ1) is 14.9. The van der Waals surface area contributed by atoms with Crippen LogP contribution in [0.15, 0.2) is 0 Å². The van der Waals surface area contributed by atoms with Crippen molar-refractivity contribution >= 4 is 0 Å². The van der Waals surface area contributed by atoms with Crippen LogP contribution in [-0.2, 0) is 0 Å². The summed E-state index contributed by atoms with van der Waals surface area (Å²) in [5.41, 5.74) is 0.222. The van der Waals surface area contributed by atoms with Crippen LogP contribution < -0.4 is 10.6 Å². The van der Waals surface area contributed by atoms with Crippen LogP contribution in [0.1, 0.15) is 48.5 Å². The number of hydrogen-bond acceptors (Lipinski definition) is 2. The Bertz CT molecular complexity index is 158. The first-order chi connectivity index (χ1) is 6.72. The molecule has 2 heteroatoms. The Hall–Kier alpha value is -0.0800. The molecule has 92 valence electrons. The average molecular weight is 214 g/mol. The SMILES string of the molecule is CC(CNC(C)(C)C)NCC(C)C(C)C. The fourth-order valence-corrected chi connectivity index (χ4v) is 1.15. The molecule has 2 unspecified atom stereocenters. The highest BCUT2D eigenvalue weighted by Crippen LogP contribution is 2.07. The zero-order valence-corrected chi connectivity index (χ0v) is 11.6. The molecule has 0 aromatic carbocycles. The van der Waals surface area contributed by atoms with Gasteiger partial charge in [0, 0.05) is 18.1 Å². The maximum Gasteiger partial charge on any atom is 0.0164 e. The fraction of sp³-hybridized carbons (Fsp3) is 1.00. The van der Waals surface area contributed by atoms with E-state index in [4.69, 9.17) is 0 Å². The van der Waals surface area contributed by atoms with E-state index >= 15 is 0 Å². The molecule has 0 fully saturated rings. The minimum atomic E-state index is 0.222. The van der Waals surface area contributed by atoms with E-state index in [1.165, 1.54) is 0 Å². The number of nitrogens with one attached hydrogen (secondary N) is 2. The average Bonchev–Trinajstić information content (AvgIpc) is 2.09. The molecule has 0 aliphatic rings. The molecule has 0 aliphatic heterocycles. The van der Waals surface area contributed by atoms with E-state index in [0.29, 0.717) is 6.04 Å². The van der Waals surface area contributed by atoms with Crippen molar-refractivity contribution in [2.24, 2.45) is 11.8 Å². The van der Waals surface area contributed by atoms with E-state index in [9.17, 15) is 0 Å². The second-order valence-corrected chi connectivity index (χ2v) is 6.16. The van der Waals surface area contributed by atoms with Gasteiger partial charge in [-0.3, -0.25) is 0 Å². The maximum absolute atomic E-state index is 3.57. The fourth-order valence-electron chi connectivity index (χ4n) is 1.15. The van der Waals surface area contributed by atoms with Crippen LogP contribution in [0.2, 0.25) is 0 Å². The standard InChI is InChI=1S/C13H30N2/c1-10(2)11(3)8-14-12(4)9-15-13(5,6)7/h10-12,14-15H,8-9H2,1-7H3. The lowest BCUT2D eigenvalue weighted by atomic mass is 9.98. The number of rotatable bonds is 6. The Morgan fingerprint density at radius 2 is 1.47 bits per heavy atom. The Balaban J connectivity index is 3.62. The predicted octanol–water partition coefficient (Wildman–Crippen LogP) is 2.64. The molecule has 0 aliphatic carbocycles. The van der Waals surface area contributed by atoms with Crippen molar-refractivity contribution in [3.63, 3.8) is 0 Å². The molecule has 0 saturated carbocycles. The molecule has 0 amide bonds. The van der Waals surface area contributed by atoms with Crippen LogP contribution >= 0.6 is 0 Å². The lowest BCUT2D eigenvalue weighted by Crippen LogP contribution is -2.45. The summed E-state index contributed by atoms with van der Waals surface area (Å²) in [4.78, 5) is 0. The van der Waals surface area contributed by atoms with Crippen molar-refractivity contribution in [2.75, 3.05) is 13.1 Å². The van der Waals surface area contributed by atoms with Gasteiger partial charge in [-0.25, -0.2) is 0 Å². The molecule has 0 radical (unpaired) electrons. The normalized spacial score (nSPS) is 16.8. The van der Waals surface area contributed by atoms with Gasteiger partial charge in [-0.15, -0.1) is 0 Å². The molecule has 2 atom stereocenters. The molecule has 0 saturated heterocycles. The topological polar surface area (TPSA) is 24.1 Å². The van der Waals surface area contributed by atoms with Crippen molar-refractivity contribution < 1.29 is 0 Å². The summed E-state index contributed by atoms with van der Waals surface area (Å²) in [6.45, 7) is 17.9. The largest absolute Gasteiger partial charge is 0.313 e. The Morgan fingerprint density at radius 1 is 0.933 bits per heavy atom. The third-order valence-electron chi connectivity index (χ3n) is 2.86. The summed E-state index contributed by atoms with van der Waals surface area (Å²) in [5, 5.41) is 7.09. The molecular formula is C13H30N2. The molecule has 2 nitrogen and oxygen atoms in total. The molecule has 15 heavy (non-hydrogen) atoms.